The number of amides is 1. The molecule has 1 aromatic carbocycles. The lowest BCUT2D eigenvalue weighted by atomic mass is 9.91. The van der Waals surface area contributed by atoms with Crippen molar-refractivity contribution in [2.75, 3.05) is 13.1 Å². The molecule has 5 nitrogen and oxygen atoms in total. The minimum atomic E-state index is -0.299. The number of aromatic nitrogens is 3. The lowest BCUT2D eigenvalue weighted by Crippen LogP contribution is -2.40. The molecule has 1 unspecified atom stereocenters. The van der Waals surface area contributed by atoms with Crippen LogP contribution in [0.4, 0.5) is 4.39 Å². The molecule has 0 saturated carbocycles. The summed E-state index contributed by atoms with van der Waals surface area (Å²) in [5.74, 6) is -0.110. The molecule has 3 aromatic rings. The van der Waals surface area contributed by atoms with E-state index in [9.17, 15) is 9.18 Å². The second kappa shape index (κ2) is 8.25. The average Bonchev–Trinajstić information content (AvgIpc) is 2.74. The fourth-order valence-corrected chi connectivity index (χ4v) is 3.72. The lowest BCUT2D eigenvalue weighted by Gasteiger charge is -2.33. The third kappa shape index (κ3) is 4.06. The van der Waals surface area contributed by atoms with Crippen molar-refractivity contribution in [3.63, 3.8) is 0 Å². The van der Waals surface area contributed by atoms with E-state index in [-0.39, 0.29) is 17.6 Å². The molecule has 2 aromatic heterocycles. The van der Waals surface area contributed by atoms with Crippen LogP contribution in [-0.2, 0) is 11.2 Å². The second-order valence-corrected chi connectivity index (χ2v) is 7.01. The molecule has 1 fully saturated rings. The SMILES string of the molecule is O=C(Cc1ccncc1)N1CCCC(c2nccnc2-c2cccc(F)c2)C1. The Hall–Kier alpha value is -3.15. The van der Waals surface area contributed by atoms with Crippen molar-refractivity contribution in [3.8, 4) is 11.3 Å². The summed E-state index contributed by atoms with van der Waals surface area (Å²) in [6, 6.07) is 10.1. The van der Waals surface area contributed by atoms with E-state index in [4.69, 9.17) is 0 Å². The van der Waals surface area contributed by atoms with Crippen LogP contribution in [0.1, 0.15) is 30.0 Å². The van der Waals surface area contributed by atoms with E-state index >= 15 is 0 Å². The first-order valence-electron chi connectivity index (χ1n) is 9.44. The number of nitrogens with zero attached hydrogens (tertiary/aromatic N) is 4. The van der Waals surface area contributed by atoms with Gasteiger partial charge in [0, 0.05) is 49.4 Å². The Balaban J connectivity index is 1.55. The van der Waals surface area contributed by atoms with Gasteiger partial charge in [0.2, 0.25) is 5.91 Å². The normalized spacial score (nSPS) is 16.8. The second-order valence-electron chi connectivity index (χ2n) is 7.01. The fourth-order valence-electron chi connectivity index (χ4n) is 3.72. The topological polar surface area (TPSA) is 59.0 Å². The van der Waals surface area contributed by atoms with Gasteiger partial charge >= 0.3 is 0 Å². The predicted molar refractivity (Wildman–Crippen MR) is 104 cm³/mol. The molecule has 0 N–H and O–H groups in total. The van der Waals surface area contributed by atoms with Crippen LogP contribution in [0.15, 0.2) is 61.2 Å². The van der Waals surface area contributed by atoms with Crippen molar-refractivity contribution < 1.29 is 9.18 Å². The number of hydrogen-bond donors (Lipinski definition) is 0. The van der Waals surface area contributed by atoms with E-state index in [0.29, 0.717) is 24.2 Å². The molecule has 0 radical (unpaired) electrons. The molecule has 142 valence electrons. The molecule has 1 aliphatic heterocycles. The van der Waals surface area contributed by atoms with Crippen molar-refractivity contribution in [2.45, 2.75) is 25.2 Å². The molecule has 0 spiro atoms. The van der Waals surface area contributed by atoms with Crippen molar-refractivity contribution in [1.29, 1.82) is 0 Å². The highest BCUT2D eigenvalue weighted by Gasteiger charge is 2.28. The Kier molecular flexibility index (Phi) is 5.37. The maximum absolute atomic E-state index is 13.7. The van der Waals surface area contributed by atoms with Gasteiger partial charge in [0.15, 0.2) is 0 Å². The zero-order valence-electron chi connectivity index (χ0n) is 15.5. The predicted octanol–water partition coefficient (Wildman–Crippen LogP) is 3.63. The lowest BCUT2D eigenvalue weighted by molar-refractivity contribution is -0.131. The smallest absolute Gasteiger partial charge is 0.227 e. The molecular weight excluding hydrogens is 355 g/mol. The molecule has 0 bridgehead atoms. The van der Waals surface area contributed by atoms with E-state index in [2.05, 4.69) is 15.0 Å². The van der Waals surface area contributed by atoms with E-state index in [1.54, 1.807) is 30.9 Å². The van der Waals surface area contributed by atoms with Crippen molar-refractivity contribution >= 4 is 5.91 Å². The van der Waals surface area contributed by atoms with Crippen LogP contribution in [0.3, 0.4) is 0 Å². The van der Waals surface area contributed by atoms with Crippen LogP contribution in [0, 0.1) is 5.82 Å². The van der Waals surface area contributed by atoms with Gasteiger partial charge in [0.1, 0.15) is 5.82 Å². The van der Waals surface area contributed by atoms with Gasteiger partial charge in [-0.05, 0) is 42.7 Å². The molecule has 6 heteroatoms. The zero-order valence-corrected chi connectivity index (χ0v) is 15.5. The van der Waals surface area contributed by atoms with Gasteiger partial charge in [-0.3, -0.25) is 19.7 Å². The molecule has 1 atom stereocenters. The van der Waals surface area contributed by atoms with Gasteiger partial charge in [-0.25, -0.2) is 4.39 Å². The summed E-state index contributed by atoms with van der Waals surface area (Å²) in [5.41, 5.74) is 3.19. The highest BCUT2D eigenvalue weighted by molar-refractivity contribution is 5.79. The van der Waals surface area contributed by atoms with Gasteiger partial charge in [0.25, 0.3) is 0 Å². The Bertz CT molecular complexity index is 964. The van der Waals surface area contributed by atoms with E-state index in [1.807, 2.05) is 23.1 Å². The summed E-state index contributed by atoms with van der Waals surface area (Å²) in [6.45, 7) is 1.35. The first-order valence-corrected chi connectivity index (χ1v) is 9.44. The van der Waals surface area contributed by atoms with Crippen LogP contribution in [0.2, 0.25) is 0 Å². The van der Waals surface area contributed by atoms with Crippen molar-refractivity contribution in [1.82, 2.24) is 19.9 Å². The Morgan fingerprint density at radius 3 is 2.75 bits per heavy atom. The molecule has 28 heavy (non-hydrogen) atoms. The van der Waals surface area contributed by atoms with Crippen molar-refractivity contribution in [3.05, 3.63) is 78.3 Å². The largest absolute Gasteiger partial charge is 0.342 e. The first kappa shape index (κ1) is 18.2. The van der Waals surface area contributed by atoms with Gasteiger partial charge in [-0.15, -0.1) is 0 Å². The monoisotopic (exact) mass is 376 g/mol. The maximum atomic E-state index is 13.7. The van der Waals surface area contributed by atoms with E-state index in [1.165, 1.54) is 12.1 Å². The molecule has 0 aliphatic carbocycles. The number of pyridine rings is 1. The molecule has 3 heterocycles. The summed E-state index contributed by atoms with van der Waals surface area (Å²) < 4.78 is 13.7. The number of carbonyl (C=O) groups is 1. The number of carbonyl (C=O) groups excluding carboxylic acids is 1. The summed E-state index contributed by atoms with van der Waals surface area (Å²) in [5, 5.41) is 0. The van der Waals surface area contributed by atoms with Gasteiger partial charge < -0.3 is 4.90 Å². The number of likely N-dealkylation sites (tertiary alicyclic amines) is 1. The highest BCUT2D eigenvalue weighted by atomic mass is 19.1. The number of piperidine rings is 1. The summed E-state index contributed by atoms with van der Waals surface area (Å²) in [7, 11) is 0. The minimum Gasteiger partial charge on any atom is -0.342 e. The number of halogens is 1. The average molecular weight is 376 g/mol. The van der Waals surface area contributed by atoms with Gasteiger partial charge in [-0.2, -0.15) is 0 Å². The quantitative estimate of drug-likeness (QED) is 0.698. The fraction of sp³-hybridized carbons (Fsp3) is 0.273. The minimum absolute atomic E-state index is 0.0853. The molecule has 4 rings (SSSR count). The van der Waals surface area contributed by atoms with Crippen LogP contribution < -0.4 is 0 Å². The van der Waals surface area contributed by atoms with E-state index in [0.717, 1.165) is 30.6 Å². The third-order valence-corrected chi connectivity index (χ3v) is 5.09. The summed E-state index contributed by atoms with van der Waals surface area (Å²) >= 11 is 0. The number of hydrogen-bond acceptors (Lipinski definition) is 4. The molecule has 1 amide bonds. The Morgan fingerprint density at radius 1 is 1.11 bits per heavy atom. The first-order chi connectivity index (χ1) is 13.7. The zero-order chi connectivity index (χ0) is 19.3. The maximum Gasteiger partial charge on any atom is 0.227 e. The Labute approximate surface area is 163 Å². The van der Waals surface area contributed by atoms with Crippen LogP contribution in [0.5, 0.6) is 0 Å². The standard InChI is InChI=1S/C22H21FN4O/c23-19-5-1-3-17(14-19)21-22(26-11-10-25-21)18-4-2-12-27(15-18)20(28)13-16-6-8-24-9-7-16/h1,3,5-11,14,18H,2,4,12-13,15H2. The highest BCUT2D eigenvalue weighted by Crippen LogP contribution is 2.32. The van der Waals surface area contributed by atoms with Gasteiger partial charge in [0.05, 0.1) is 17.8 Å². The number of rotatable bonds is 4. The van der Waals surface area contributed by atoms with E-state index < -0.39 is 0 Å². The summed E-state index contributed by atoms with van der Waals surface area (Å²) in [4.78, 5) is 27.7. The molecule has 1 saturated heterocycles. The van der Waals surface area contributed by atoms with Crippen LogP contribution >= 0.6 is 0 Å². The van der Waals surface area contributed by atoms with Crippen LogP contribution in [0.25, 0.3) is 11.3 Å². The molecular formula is C22H21FN4O. The third-order valence-electron chi connectivity index (χ3n) is 5.09. The molecule has 1 aliphatic rings. The van der Waals surface area contributed by atoms with Gasteiger partial charge in [-0.1, -0.05) is 12.1 Å². The van der Waals surface area contributed by atoms with Crippen molar-refractivity contribution in [2.24, 2.45) is 0 Å². The Morgan fingerprint density at radius 2 is 1.93 bits per heavy atom. The number of benzene rings is 1. The summed E-state index contributed by atoms with van der Waals surface area (Å²) in [6.07, 6.45) is 8.89. The van der Waals surface area contributed by atoms with Crippen LogP contribution in [-0.4, -0.2) is 38.8 Å².